The third kappa shape index (κ3) is 2.24. The molecule has 0 amide bonds. The Morgan fingerprint density at radius 2 is 2.09 bits per heavy atom. The number of hydrogen-bond acceptors (Lipinski definition) is 1. The Morgan fingerprint density at radius 3 is 2.73 bits per heavy atom. The molecule has 0 bridgehead atoms. The summed E-state index contributed by atoms with van der Waals surface area (Å²) in [5, 5.41) is 0. The second kappa shape index (κ2) is 4.41. The van der Waals surface area contributed by atoms with Gasteiger partial charge in [0, 0.05) is 6.42 Å². The van der Waals surface area contributed by atoms with Crippen molar-refractivity contribution in [1.29, 1.82) is 0 Å². The van der Waals surface area contributed by atoms with Crippen LogP contribution in [0.25, 0.3) is 0 Å². The summed E-state index contributed by atoms with van der Waals surface area (Å²) in [5.74, 6) is 7.66. The molecule has 0 heterocycles. The number of hydrogen-bond donors (Lipinski definition) is 1. The zero-order valence-corrected chi connectivity index (χ0v) is 7.27. The van der Waals surface area contributed by atoms with Gasteiger partial charge >= 0.3 is 0 Å². The van der Waals surface area contributed by atoms with Gasteiger partial charge in [0.05, 0.1) is 0 Å². The number of nitrogens with two attached hydrogens (primary N) is 1. The molecule has 0 aromatic heterocycles. The Balaban J connectivity index is 2.35. The van der Waals surface area contributed by atoms with Gasteiger partial charge < -0.3 is 5.73 Å². The molecule has 1 aliphatic carbocycles. The molecule has 0 saturated heterocycles. The Kier molecular flexibility index (Phi) is 3.45. The topological polar surface area (TPSA) is 26.0 Å². The molecule has 2 unspecified atom stereocenters. The molecule has 1 fully saturated rings. The number of rotatable bonds is 2. The van der Waals surface area contributed by atoms with Crippen LogP contribution in [-0.4, -0.2) is 6.54 Å². The second-order valence-corrected chi connectivity index (χ2v) is 3.32. The van der Waals surface area contributed by atoms with E-state index in [0.717, 1.165) is 24.8 Å². The fourth-order valence-electron chi connectivity index (χ4n) is 1.93. The van der Waals surface area contributed by atoms with Crippen molar-refractivity contribution in [3.8, 4) is 11.8 Å². The van der Waals surface area contributed by atoms with Gasteiger partial charge in [-0.15, -0.1) is 11.8 Å². The monoisotopic (exact) mass is 151 g/mol. The second-order valence-electron chi connectivity index (χ2n) is 3.32. The molecule has 0 aromatic carbocycles. The van der Waals surface area contributed by atoms with Gasteiger partial charge in [-0.25, -0.2) is 0 Å². The van der Waals surface area contributed by atoms with Crippen LogP contribution in [0.15, 0.2) is 0 Å². The molecule has 1 saturated carbocycles. The summed E-state index contributed by atoms with van der Waals surface area (Å²) in [6.07, 6.45) is 5.10. The first-order valence-corrected chi connectivity index (χ1v) is 4.48. The molecule has 1 rings (SSSR count). The zero-order chi connectivity index (χ0) is 8.10. The van der Waals surface area contributed by atoms with Crippen molar-refractivity contribution >= 4 is 0 Å². The molecule has 1 nitrogen and oxygen atoms in total. The van der Waals surface area contributed by atoms with Crippen LogP contribution in [0, 0.1) is 23.7 Å². The Morgan fingerprint density at radius 1 is 1.36 bits per heavy atom. The van der Waals surface area contributed by atoms with Crippen LogP contribution in [0.2, 0.25) is 0 Å². The molecule has 1 aliphatic rings. The van der Waals surface area contributed by atoms with E-state index in [9.17, 15) is 0 Å². The average molecular weight is 151 g/mol. The van der Waals surface area contributed by atoms with E-state index < -0.39 is 0 Å². The van der Waals surface area contributed by atoms with Crippen molar-refractivity contribution in [3.63, 3.8) is 0 Å². The van der Waals surface area contributed by atoms with Gasteiger partial charge in [-0.2, -0.15) is 0 Å². The molecule has 2 atom stereocenters. The third-order valence-electron chi connectivity index (χ3n) is 2.66. The molecule has 0 aliphatic heterocycles. The summed E-state index contributed by atoms with van der Waals surface area (Å²) in [7, 11) is 0. The highest BCUT2D eigenvalue weighted by Gasteiger charge is 2.24. The maximum absolute atomic E-state index is 5.65. The quantitative estimate of drug-likeness (QED) is 0.598. The lowest BCUT2D eigenvalue weighted by molar-refractivity contribution is 0.405. The summed E-state index contributed by atoms with van der Waals surface area (Å²) in [6.45, 7) is 2.77. The molecule has 0 spiro atoms. The smallest absolute Gasteiger partial charge is 0.0120 e. The fourth-order valence-corrected chi connectivity index (χ4v) is 1.93. The van der Waals surface area contributed by atoms with E-state index in [2.05, 4.69) is 11.8 Å². The van der Waals surface area contributed by atoms with E-state index in [1.54, 1.807) is 0 Å². The van der Waals surface area contributed by atoms with Crippen molar-refractivity contribution in [1.82, 2.24) is 0 Å². The summed E-state index contributed by atoms with van der Waals surface area (Å²) >= 11 is 0. The standard InChI is InChI=1S/C10H17N/c1-2-3-5-9-6-4-7-10(9)8-11/h9-10H,4-8,11H2,1H3. The normalized spacial score (nSPS) is 29.6. The van der Waals surface area contributed by atoms with E-state index in [0.29, 0.717) is 0 Å². The molecular formula is C10H17N. The van der Waals surface area contributed by atoms with Crippen LogP contribution in [0.4, 0.5) is 0 Å². The minimum Gasteiger partial charge on any atom is -0.330 e. The highest BCUT2D eigenvalue weighted by atomic mass is 14.6. The van der Waals surface area contributed by atoms with Gasteiger partial charge in [-0.3, -0.25) is 0 Å². The average Bonchev–Trinajstić information content (AvgIpc) is 2.47. The molecule has 1 heteroatoms. The molecule has 0 aromatic rings. The lowest BCUT2D eigenvalue weighted by Crippen LogP contribution is -2.17. The minimum atomic E-state index is 0.760. The highest BCUT2D eigenvalue weighted by Crippen LogP contribution is 2.32. The first-order chi connectivity index (χ1) is 5.38. The van der Waals surface area contributed by atoms with Crippen molar-refractivity contribution in [2.75, 3.05) is 6.54 Å². The largest absolute Gasteiger partial charge is 0.330 e. The van der Waals surface area contributed by atoms with Gasteiger partial charge in [-0.1, -0.05) is 6.42 Å². The van der Waals surface area contributed by atoms with E-state index in [-0.39, 0.29) is 0 Å². The van der Waals surface area contributed by atoms with Crippen LogP contribution >= 0.6 is 0 Å². The maximum Gasteiger partial charge on any atom is 0.0120 e. The predicted molar refractivity (Wildman–Crippen MR) is 48.0 cm³/mol. The van der Waals surface area contributed by atoms with Crippen LogP contribution < -0.4 is 5.73 Å². The summed E-state index contributed by atoms with van der Waals surface area (Å²) < 4.78 is 0. The molecule has 62 valence electrons. The van der Waals surface area contributed by atoms with E-state index >= 15 is 0 Å². The molecular weight excluding hydrogens is 134 g/mol. The molecule has 0 radical (unpaired) electrons. The van der Waals surface area contributed by atoms with Crippen molar-refractivity contribution < 1.29 is 0 Å². The van der Waals surface area contributed by atoms with Gasteiger partial charge in [0.15, 0.2) is 0 Å². The van der Waals surface area contributed by atoms with E-state index in [1.807, 2.05) is 6.92 Å². The zero-order valence-electron chi connectivity index (χ0n) is 7.27. The highest BCUT2D eigenvalue weighted by molar-refractivity contribution is 4.98. The third-order valence-corrected chi connectivity index (χ3v) is 2.66. The summed E-state index contributed by atoms with van der Waals surface area (Å²) in [5.41, 5.74) is 5.65. The first-order valence-electron chi connectivity index (χ1n) is 4.48. The van der Waals surface area contributed by atoms with Gasteiger partial charge in [0.25, 0.3) is 0 Å². The minimum absolute atomic E-state index is 0.760. The van der Waals surface area contributed by atoms with Crippen LogP contribution in [0.1, 0.15) is 32.6 Å². The predicted octanol–water partition coefficient (Wildman–Crippen LogP) is 1.77. The van der Waals surface area contributed by atoms with Crippen molar-refractivity contribution in [2.45, 2.75) is 32.6 Å². The fraction of sp³-hybridized carbons (Fsp3) is 0.800. The van der Waals surface area contributed by atoms with Gasteiger partial charge in [-0.05, 0) is 38.1 Å². The molecule has 11 heavy (non-hydrogen) atoms. The van der Waals surface area contributed by atoms with Crippen molar-refractivity contribution in [2.24, 2.45) is 17.6 Å². The van der Waals surface area contributed by atoms with Crippen LogP contribution in [0.5, 0.6) is 0 Å². The lowest BCUT2D eigenvalue weighted by atomic mass is 9.93. The van der Waals surface area contributed by atoms with Crippen molar-refractivity contribution in [3.05, 3.63) is 0 Å². The lowest BCUT2D eigenvalue weighted by Gasteiger charge is -2.13. The summed E-state index contributed by atoms with van der Waals surface area (Å²) in [4.78, 5) is 0. The Labute approximate surface area is 69.4 Å². The van der Waals surface area contributed by atoms with Crippen LogP contribution in [-0.2, 0) is 0 Å². The van der Waals surface area contributed by atoms with Gasteiger partial charge in [0.1, 0.15) is 0 Å². The van der Waals surface area contributed by atoms with Gasteiger partial charge in [0.2, 0.25) is 0 Å². The summed E-state index contributed by atoms with van der Waals surface area (Å²) in [6, 6.07) is 0. The SMILES string of the molecule is CC#CCC1CCCC1CN. The van der Waals surface area contributed by atoms with E-state index in [4.69, 9.17) is 5.73 Å². The Bertz CT molecular complexity index is 163. The van der Waals surface area contributed by atoms with Crippen LogP contribution in [0.3, 0.4) is 0 Å². The molecule has 2 N–H and O–H groups in total. The van der Waals surface area contributed by atoms with E-state index in [1.165, 1.54) is 19.3 Å². The maximum atomic E-state index is 5.65. The first kappa shape index (κ1) is 8.62. The Hall–Kier alpha value is -0.480.